The van der Waals surface area contributed by atoms with Gasteiger partial charge in [0.1, 0.15) is 5.82 Å². The lowest BCUT2D eigenvalue weighted by Gasteiger charge is -2.13. The van der Waals surface area contributed by atoms with Crippen molar-refractivity contribution in [1.29, 1.82) is 0 Å². The van der Waals surface area contributed by atoms with Crippen molar-refractivity contribution < 1.29 is 13.2 Å². The number of benzene rings is 2. The monoisotopic (exact) mass is 304 g/mol. The predicted molar refractivity (Wildman–Crippen MR) is 78.8 cm³/mol. The summed E-state index contributed by atoms with van der Waals surface area (Å²) in [4.78, 5) is 7.84. The van der Waals surface area contributed by atoms with Gasteiger partial charge in [-0.25, -0.2) is 4.98 Å². The molecule has 4 N–H and O–H groups in total. The van der Waals surface area contributed by atoms with Crippen molar-refractivity contribution in [1.82, 2.24) is 9.97 Å². The number of aromatic nitrogens is 2. The molecule has 2 aromatic carbocycles. The maximum atomic E-state index is 13.1. The number of hydrogen-bond acceptors (Lipinski definition) is 4. The van der Waals surface area contributed by atoms with E-state index in [1.807, 2.05) is 0 Å². The summed E-state index contributed by atoms with van der Waals surface area (Å²) in [5.41, 5.74) is 11.5. The highest BCUT2D eigenvalue weighted by atomic mass is 19.4. The largest absolute Gasteiger partial charge is 0.417 e. The maximum absolute atomic E-state index is 13.1. The first kappa shape index (κ1) is 14.1. The minimum Gasteiger partial charge on any atom is -0.383 e. The van der Waals surface area contributed by atoms with Gasteiger partial charge in [0.05, 0.1) is 11.1 Å². The summed E-state index contributed by atoms with van der Waals surface area (Å²) in [5.74, 6) is 0.155. The molecule has 0 radical (unpaired) electrons. The van der Waals surface area contributed by atoms with Crippen LogP contribution >= 0.6 is 0 Å². The summed E-state index contributed by atoms with van der Waals surface area (Å²) in [5, 5.41) is 0.462. The van der Waals surface area contributed by atoms with Crippen LogP contribution < -0.4 is 11.5 Å². The molecule has 0 aliphatic carbocycles. The molecule has 7 heteroatoms. The lowest BCUT2D eigenvalue weighted by atomic mass is 9.98. The van der Waals surface area contributed by atoms with E-state index in [-0.39, 0.29) is 17.3 Å². The lowest BCUT2D eigenvalue weighted by Crippen LogP contribution is -2.07. The van der Waals surface area contributed by atoms with E-state index in [9.17, 15) is 13.2 Å². The van der Waals surface area contributed by atoms with Gasteiger partial charge in [-0.15, -0.1) is 0 Å². The van der Waals surface area contributed by atoms with Crippen molar-refractivity contribution in [2.75, 3.05) is 11.5 Å². The molecule has 0 atom stereocenters. The molecule has 0 unspecified atom stereocenters. The van der Waals surface area contributed by atoms with E-state index >= 15 is 0 Å². The number of hydrogen-bond donors (Lipinski definition) is 2. The van der Waals surface area contributed by atoms with Gasteiger partial charge in [-0.05, 0) is 29.3 Å². The first-order chi connectivity index (χ1) is 10.4. The minimum absolute atomic E-state index is 0.0217. The first-order valence-corrected chi connectivity index (χ1v) is 6.35. The molecule has 0 amide bonds. The van der Waals surface area contributed by atoms with Crippen LogP contribution in [0.3, 0.4) is 0 Å². The molecule has 22 heavy (non-hydrogen) atoms. The van der Waals surface area contributed by atoms with E-state index in [1.165, 1.54) is 18.2 Å². The molecule has 0 spiro atoms. The highest BCUT2D eigenvalue weighted by Crippen LogP contribution is 2.37. The van der Waals surface area contributed by atoms with Crippen LogP contribution in [0.4, 0.5) is 24.9 Å². The van der Waals surface area contributed by atoms with Crippen molar-refractivity contribution in [3.63, 3.8) is 0 Å². The third-order valence-corrected chi connectivity index (χ3v) is 3.29. The Bertz CT molecular complexity index is 859. The van der Waals surface area contributed by atoms with Crippen LogP contribution in [-0.4, -0.2) is 9.97 Å². The van der Waals surface area contributed by atoms with Gasteiger partial charge >= 0.3 is 6.18 Å². The van der Waals surface area contributed by atoms with Gasteiger partial charge in [-0.1, -0.05) is 24.3 Å². The molecule has 112 valence electrons. The summed E-state index contributed by atoms with van der Waals surface area (Å²) in [7, 11) is 0. The Balaban J connectivity index is 2.24. The molecule has 3 rings (SSSR count). The average molecular weight is 304 g/mol. The molecular weight excluding hydrogens is 293 g/mol. The summed E-state index contributed by atoms with van der Waals surface area (Å²) >= 11 is 0. The zero-order valence-corrected chi connectivity index (χ0v) is 11.2. The standard InChI is InChI=1S/C15H11F3N4/c16-15(17,18)11-4-2-1-3-9(11)8-5-6-12-10(7-8)13(19)22-14(20)21-12/h1-7H,(H4,19,20,21,22). The van der Waals surface area contributed by atoms with E-state index in [4.69, 9.17) is 11.5 Å². The Labute approximate surface area is 123 Å². The number of alkyl halides is 3. The fourth-order valence-electron chi connectivity index (χ4n) is 2.32. The smallest absolute Gasteiger partial charge is 0.383 e. The van der Waals surface area contributed by atoms with Gasteiger partial charge in [-0.2, -0.15) is 18.2 Å². The number of nitrogen functional groups attached to an aromatic ring is 2. The fraction of sp³-hybridized carbons (Fsp3) is 0.0667. The number of halogens is 3. The summed E-state index contributed by atoms with van der Waals surface area (Å²) < 4.78 is 39.3. The Morgan fingerprint density at radius 1 is 0.909 bits per heavy atom. The topological polar surface area (TPSA) is 77.8 Å². The van der Waals surface area contributed by atoms with Crippen LogP contribution in [0.25, 0.3) is 22.0 Å². The molecule has 4 nitrogen and oxygen atoms in total. The van der Waals surface area contributed by atoms with Crippen LogP contribution in [0.5, 0.6) is 0 Å². The Hall–Kier alpha value is -2.83. The van der Waals surface area contributed by atoms with Crippen molar-refractivity contribution in [2.45, 2.75) is 6.18 Å². The Morgan fingerprint density at radius 2 is 1.64 bits per heavy atom. The third kappa shape index (κ3) is 2.41. The molecule has 3 aromatic rings. The van der Waals surface area contributed by atoms with Crippen LogP contribution in [-0.2, 0) is 6.18 Å². The van der Waals surface area contributed by atoms with Gasteiger partial charge in [0.25, 0.3) is 0 Å². The van der Waals surface area contributed by atoms with E-state index in [0.29, 0.717) is 16.5 Å². The Kier molecular flexibility index (Phi) is 3.13. The van der Waals surface area contributed by atoms with Crippen molar-refractivity contribution in [3.05, 3.63) is 48.0 Å². The van der Waals surface area contributed by atoms with Crippen LogP contribution in [0.1, 0.15) is 5.56 Å². The molecule has 0 saturated heterocycles. The number of nitrogens with zero attached hydrogens (tertiary/aromatic N) is 2. The highest BCUT2D eigenvalue weighted by molar-refractivity contribution is 5.92. The fourth-order valence-corrected chi connectivity index (χ4v) is 2.32. The van der Waals surface area contributed by atoms with E-state index < -0.39 is 11.7 Å². The maximum Gasteiger partial charge on any atom is 0.417 e. The van der Waals surface area contributed by atoms with E-state index in [2.05, 4.69) is 9.97 Å². The predicted octanol–water partition coefficient (Wildman–Crippen LogP) is 3.48. The van der Waals surface area contributed by atoms with Gasteiger partial charge < -0.3 is 11.5 Å². The quantitative estimate of drug-likeness (QED) is 0.721. The molecule has 0 fully saturated rings. The second-order valence-electron chi connectivity index (χ2n) is 4.74. The molecule has 0 aliphatic rings. The van der Waals surface area contributed by atoms with Crippen LogP contribution in [0.15, 0.2) is 42.5 Å². The summed E-state index contributed by atoms with van der Waals surface area (Å²) in [6, 6.07) is 10.0. The van der Waals surface area contributed by atoms with Crippen molar-refractivity contribution in [2.24, 2.45) is 0 Å². The Morgan fingerprint density at radius 3 is 2.36 bits per heavy atom. The molecule has 0 saturated carbocycles. The van der Waals surface area contributed by atoms with E-state index in [0.717, 1.165) is 6.07 Å². The zero-order valence-electron chi connectivity index (χ0n) is 11.2. The van der Waals surface area contributed by atoms with Gasteiger partial charge in [-0.3, -0.25) is 0 Å². The third-order valence-electron chi connectivity index (χ3n) is 3.29. The summed E-state index contributed by atoms with van der Waals surface area (Å²) in [6.07, 6.45) is -4.44. The SMILES string of the molecule is Nc1nc(N)c2cc(-c3ccccc3C(F)(F)F)ccc2n1. The normalized spacial score (nSPS) is 11.8. The number of anilines is 2. The number of rotatable bonds is 1. The van der Waals surface area contributed by atoms with Crippen LogP contribution in [0.2, 0.25) is 0 Å². The number of fused-ring (bicyclic) bond motifs is 1. The zero-order chi connectivity index (χ0) is 15.9. The second kappa shape index (κ2) is 4.87. The van der Waals surface area contributed by atoms with E-state index in [1.54, 1.807) is 18.2 Å². The molecule has 0 bridgehead atoms. The highest BCUT2D eigenvalue weighted by Gasteiger charge is 2.33. The second-order valence-corrected chi connectivity index (χ2v) is 4.74. The minimum atomic E-state index is -4.44. The molecule has 1 aromatic heterocycles. The first-order valence-electron chi connectivity index (χ1n) is 6.35. The molecule has 0 aliphatic heterocycles. The molecule has 1 heterocycles. The van der Waals surface area contributed by atoms with Gasteiger partial charge in [0.2, 0.25) is 5.95 Å². The van der Waals surface area contributed by atoms with Crippen LogP contribution in [0, 0.1) is 0 Å². The molecular formula is C15H11F3N4. The summed E-state index contributed by atoms with van der Waals surface area (Å²) in [6.45, 7) is 0. The average Bonchev–Trinajstić information content (AvgIpc) is 2.46. The van der Waals surface area contributed by atoms with Gasteiger partial charge in [0, 0.05) is 5.39 Å². The number of nitrogens with two attached hydrogens (primary N) is 2. The van der Waals surface area contributed by atoms with Crippen molar-refractivity contribution >= 4 is 22.7 Å². The lowest BCUT2D eigenvalue weighted by molar-refractivity contribution is -0.137. The van der Waals surface area contributed by atoms with Crippen molar-refractivity contribution in [3.8, 4) is 11.1 Å². The van der Waals surface area contributed by atoms with Gasteiger partial charge in [0.15, 0.2) is 0 Å².